The van der Waals surface area contributed by atoms with Crippen LogP contribution in [-0.4, -0.2) is 14.3 Å². The normalized spacial score (nSPS) is 11.3. The van der Waals surface area contributed by atoms with Crippen molar-refractivity contribution in [3.05, 3.63) is 63.6 Å². The lowest BCUT2D eigenvalue weighted by Gasteiger charge is -2.09. The molecule has 128 valence electrons. The Balaban J connectivity index is 2.16. The van der Waals surface area contributed by atoms with Crippen LogP contribution in [0.25, 0.3) is 0 Å². The van der Waals surface area contributed by atoms with Crippen LogP contribution in [0.2, 0.25) is 10.0 Å². The van der Waals surface area contributed by atoms with Crippen molar-refractivity contribution in [2.24, 2.45) is 0 Å². The molecule has 2 aromatic rings. The van der Waals surface area contributed by atoms with Gasteiger partial charge in [0.25, 0.3) is 15.9 Å². The predicted molar refractivity (Wildman–Crippen MR) is 96.2 cm³/mol. The Hall–Kier alpha value is -1.56. The van der Waals surface area contributed by atoms with Gasteiger partial charge >= 0.3 is 0 Å². The summed E-state index contributed by atoms with van der Waals surface area (Å²) in [6.45, 7) is 2.09. The summed E-state index contributed by atoms with van der Waals surface area (Å²) in [6, 6.07) is 10.7. The highest BCUT2D eigenvalue weighted by atomic mass is 35.5. The van der Waals surface area contributed by atoms with E-state index in [-0.39, 0.29) is 15.5 Å². The summed E-state index contributed by atoms with van der Waals surface area (Å²) in [4.78, 5) is 12.2. The van der Waals surface area contributed by atoms with E-state index in [1.54, 1.807) is 12.1 Å². The van der Waals surface area contributed by atoms with Gasteiger partial charge in [-0.25, -0.2) is 13.1 Å². The molecule has 0 heterocycles. The van der Waals surface area contributed by atoms with Crippen LogP contribution in [0.5, 0.6) is 0 Å². The molecule has 0 unspecified atom stereocenters. The first kappa shape index (κ1) is 18.8. The van der Waals surface area contributed by atoms with Crippen LogP contribution in [-0.2, 0) is 16.4 Å². The molecule has 0 saturated carbocycles. The molecule has 0 bridgehead atoms. The lowest BCUT2D eigenvalue weighted by atomic mass is 10.1. The largest absolute Gasteiger partial charge is 0.268 e. The fourth-order valence-electron chi connectivity index (χ4n) is 2.13. The number of aryl methyl sites for hydroxylation is 1. The fourth-order valence-corrected chi connectivity index (χ4v) is 3.59. The van der Waals surface area contributed by atoms with E-state index in [1.807, 2.05) is 4.72 Å². The number of unbranched alkanes of at least 4 members (excludes halogenated alkanes) is 1. The fraction of sp³-hybridized carbons (Fsp3) is 0.235. The molecule has 0 aromatic heterocycles. The van der Waals surface area contributed by atoms with Gasteiger partial charge in [0, 0.05) is 5.02 Å². The van der Waals surface area contributed by atoms with Crippen molar-refractivity contribution in [2.45, 2.75) is 31.1 Å². The van der Waals surface area contributed by atoms with Crippen molar-refractivity contribution in [1.82, 2.24) is 4.72 Å². The third kappa shape index (κ3) is 4.72. The van der Waals surface area contributed by atoms with E-state index in [2.05, 4.69) is 6.92 Å². The topological polar surface area (TPSA) is 63.2 Å². The first-order chi connectivity index (χ1) is 11.3. The number of nitrogens with one attached hydrogen (secondary N) is 1. The molecule has 2 aromatic carbocycles. The van der Waals surface area contributed by atoms with E-state index in [9.17, 15) is 13.2 Å². The van der Waals surface area contributed by atoms with Gasteiger partial charge in [-0.05, 0) is 48.7 Å². The molecule has 0 aliphatic heterocycles. The number of halogens is 2. The van der Waals surface area contributed by atoms with Gasteiger partial charge < -0.3 is 0 Å². The number of sulfonamides is 1. The van der Waals surface area contributed by atoms with E-state index in [4.69, 9.17) is 23.2 Å². The number of hydrogen-bond acceptors (Lipinski definition) is 3. The molecule has 0 saturated heterocycles. The number of amides is 1. The second kappa shape index (κ2) is 8.01. The van der Waals surface area contributed by atoms with Crippen molar-refractivity contribution in [2.75, 3.05) is 0 Å². The summed E-state index contributed by atoms with van der Waals surface area (Å²) in [5.74, 6) is -0.799. The molecule has 0 radical (unpaired) electrons. The molecule has 0 aliphatic rings. The van der Waals surface area contributed by atoms with Gasteiger partial charge in [-0.15, -0.1) is 0 Å². The van der Waals surface area contributed by atoms with E-state index >= 15 is 0 Å². The van der Waals surface area contributed by atoms with Crippen LogP contribution in [0.3, 0.4) is 0 Å². The summed E-state index contributed by atoms with van der Waals surface area (Å²) < 4.78 is 26.7. The predicted octanol–water partition coefficient (Wildman–Crippen LogP) is 4.45. The van der Waals surface area contributed by atoms with Crippen LogP contribution in [0, 0.1) is 0 Å². The zero-order valence-electron chi connectivity index (χ0n) is 13.1. The summed E-state index contributed by atoms with van der Waals surface area (Å²) >= 11 is 11.7. The Morgan fingerprint density at radius 2 is 1.75 bits per heavy atom. The van der Waals surface area contributed by atoms with Crippen molar-refractivity contribution in [3.63, 3.8) is 0 Å². The molecule has 1 amide bonds. The van der Waals surface area contributed by atoms with Crippen LogP contribution < -0.4 is 4.72 Å². The first-order valence-corrected chi connectivity index (χ1v) is 9.68. The first-order valence-electron chi connectivity index (χ1n) is 7.44. The standard InChI is InChI=1S/C17H17Cl2NO3S/c1-2-3-4-12-5-8-14(9-6-12)24(22,23)20-17(21)15-10-7-13(18)11-16(15)19/h5-11H,2-4H2,1H3,(H,20,21). The van der Waals surface area contributed by atoms with E-state index in [0.29, 0.717) is 5.02 Å². The Morgan fingerprint density at radius 3 is 2.33 bits per heavy atom. The minimum absolute atomic E-state index is 0.0289. The van der Waals surface area contributed by atoms with Crippen molar-refractivity contribution in [1.29, 1.82) is 0 Å². The van der Waals surface area contributed by atoms with E-state index in [0.717, 1.165) is 24.8 Å². The summed E-state index contributed by atoms with van der Waals surface area (Å²) in [6.07, 6.45) is 3.00. The molecule has 0 fully saturated rings. The van der Waals surface area contributed by atoms with Gasteiger partial charge in [0.05, 0.1) is 15.5 Å². The Kier molecular flexibility index (Phi) is 6.27. The number of carbonyl (C=O) groups excluding carboxylic acids is 1. The average Bonchev–Trinajstić information content (AvgIpc) is 2.52. The third-order valence-corrected chi connectivity index (χ3v) is 5.35. The quantitative estimate of drug-likeness (QED) is 0.798. The van der Waals surface area contributed by atoms with Crippen molar-refractivity contribution in [3.8, 4) is 0 Å². The zero-order valence-corrected chi connectivity index (χ0v) is 15.4. The summed E-state index contributed by atoms with van der Waals surface area (Å²) in [5, 5.41) is 0.451. The van der Waals surface area contributed by atoms with Gasteiger partial charge in [0.2, 0.25) is 0 Å². The monoisotopic (exact) mass is 385 g/mol. The molecule has 0 atom stereocenters. The molecular formula is C17H17Cl2NO3S. The smallest absolute Gasteiger partial charge is 0.266 e. The van der Waals surface area contributed by atoms with Gasteiger partial charge in [-0.1, -0.05) is 48.7 Å². The highest BCUT2D eigenvalue weighted by molar-refractivity contribution is 7.90. The minimum Gasteiger partial charge on any atom is -0.268 e. The lowest BCUT2D eigenvalue weighted by Crippen LogP contribution is -2.30. The van der Waals surface area contributed by atoms with E-state index in [1.165, 1.54) is 30.3 Å². The molecule has 0 aliphatic carbocycles. The third-order valence-electron chi connectivity index (χ3n) is 3.46. The molecule has 2 rings (SSSR count). The molecular weight excluding hydrogens is 369 g/mol. The van der Waals surface area contributed by atoms with Crippen LogP contribution in [0.4, 0.5) is 0 Å². The van der Waals surface area contributed by atoms with Crippen LogP contribution in [0.15, 0.2) is 47.4 Å². The molecule has 1 N–H and O–H groups in total. The number of rotatable bonds is 6. The number of benzene rings is 2. The minimum atomic E-state index is -3.96. The van der Waals surface area contributed by atoms with Crippen LogP contribution >= 0.6 is 23.2 Å². The second-order valence-electron chi connectivity index (χ2n) is 5.31. The maximum atomic E-state index is 12.3. The van der Waals surface area contributed by atoms with Gasteiger partial charge in [-0.3, -0.25) is 4.79 Å². The molecule has 4 nitrogen and oxygen atoms in total. The maximum absolute atomic E-state index is 12.3. The zero-order chi connectivity index (χ0) is 17.7. The van der Waals surface area contributed by atoms with Gasteiger partial charge in [0.1, 0.15) is 0 Å². The summed E-state index contributed by atoms with van der Waals surface area (Å²) in [7, 11) is -3.96. The SMILES string of the molecule is CCCCc1ccc(S(=O)(=O)NC(=O)c2ccc(Cl)cc2Cl)cc1. The maximum Gasteiger partial charge on any atom is 0.266 e. The average molecular weight is 386 g/mol. The highest BCUT2D eigenvalue weighted by Crippen LogP contribution is 2.21. The van der Waals surface area contributed by atoms with Gasteiger partial charge in [0.15, 0.2) is 0 Å². The number of hydrogen-bond donors (Lipinski definition) is 1. The van der Waals surface area contributed by atoms with Gasteiger partial charge in [-0.2, -0.15) is 0 Å². The van der Waals surface area contributed by atoms with Crippen molar-refractivity contribution < 1.29 is 13.2 Å². The highest BCUT2D eigenvalue weighted by Gasteiger charge is 2.20. The second-order valence-corrected chi connectivity index (χ2v) is 7.83. The lowest BCUT2D eigenvalue weighted by molar-refractivity contribution is 0.0981. The number of carbonyl (C=O) groups is 1. The molecule has 0 spiro atoms. The van der Waals surface area contributed by atoms with Crippen molar-refractivity contribution >= 4 is 39.1 Å². The Bertz CT molecular complexity index is 833. The summed E-state index contributed by atoms with van der Waals surface area (Å²) in [5.41, 5.74) is 1.10. The molecule has 24 heavy (non-hydrogen) atoms. The van der Waals surface area contributed by atoms with E-state index < -0.39 is 15.9 Å². The Labute approximate surface area is 151 Å². The Morgan fingerprint density at radius 1 is 1.08 bits per heavy atom. The van der Waals surface area contributed by atoms with Crippen LogP contribution in [0.1, 0.15) is 35.7 Å². The molecule has 7 heteroatoms.